The third kappa shape index (κ3) is 10.2. The summed E-state index contributed by atoms with van der Waals surface area (Å²) in [6.45, 7) is 9.02. The SMILES string of the molecule is CCOc1cc(OCc2ccc(OC)cc2)ncc1-c1ccc(CC(=O)Nc2cc(C(=O)N3CCC4(CCN(C(=O)OC(C)(C)C)C4)C3)cc(C(F)(F)F)c2)c(F)c1. The van der Waals surface area contributed by atoms with Crippen molar-refractivity contribution in [2.75, 3.05) is 45.2 Å². The molecule has 0 bridgehead atoms. The molecule has 11 nitrogen and oxygen atoms in total. The minimum absolute atomic E-state index is 0.00533. The van der Waals surface area contributed by atoms with Gasteiger partial charge in [-0.05, 0) is 93.6 Å². The second kappa shape index (κ2) is 16.9. The largest absolute Gasteiger partial charge is 0.497 e. The number of nitrogens with one attached hydrogen (secondary N) is 1. The molecule has 2 saturated heterocycles. The first-order chi connectivity index (χ1) is 27.4. The number of nitrogens with zero attached hydrogens (tertiary/aromatic N) is 3. The fourth-order valence-corrected chi connectivity index (χ4v) is 7.13. The van der Waals surface area contributed by atoms with Gasteiger partial charge in [-0.15, -0.1) is 0 Å². The zero-order valence-electron chi connectivity index (χ0n) is 33.0. The lowest BCUT2D eigenvalue weighted by molar-refractivity contribution is -0.137. The molecule has 0 saturated carbocycles. The average Bonchev–Trinajstić information content (AvgIpc) is 3.80. The Balaban J connectivity index is 1.12. The van der Waals surface area contributed by atoms with Crippen LogP contribution in [0.5, 0.6) is 17.4 Å². The third-order valence-corrected chi connectivity index (χ3v) is 10.0. The van der Waals surface area contributed by atoms with E-state index in [0.29, 0.717) is 67.6 Å². The number of benzene rings is 3. The van der Waals surface area contributed by atoms with E-state index < -0.39 is 52.9 Å². The quantitative estimate of drug-likeness (QED) is 0.150. The molecule has 2 aliphatic rings. The van der Waals surface area contributed by atoms with Crippen LogP contribution in [-0.2, 0) is 28.7 Å². The molecule has 2 fully saturated rings. The second-order valence-corrected chi connectivity index (χ2v) is 15.5. The van der Waals surface area contributed by atoms with E-state index in [2.05, 4.69) is 10.3 Å². The third-order valence-electron chi connectivity index (χ3n) is 10.0. The Kier molecular flexibility index (Phi) is 12.2. The number of hydrogen-bond donors (Lipinski definition) is 1. The van der Waals surface area contributed by atoms with Crippen LogP contribution in [0.2, 0.25) is 0 Å². The topological polar surface area (TPSA) is 120 Å². The summed E-state index contributed by atoms with van der Waals surface area (Å²) in [5.41, 5.74) is -0.920. The fourth-order valence-electron chi connectivity index (χ4n) is 7.13. The van der Waals surface area contributed by atoms with Gasteiger partial charge in [0.25, 0.3) is 5.91 Å². The standard InChI is InChI=1S/C43H46F4N4O7/c1-6-56-36-22-38(57-24-27-7-11-33(55-5)12-8-27)48-23-34(36)28-9-10-29(35(44)19-28)20-37(52)49-32-18-30(17-31(21-32)43(45,46)47)39(53)50-15-13-42(25-50)14-16-51(26-42)40(54)58-41(2,3)4/h7-12,17-19,21-23H,6,13-16,20,24-26H2,1-5H3,(H,49,52). The van der Waals surface area contributed by atoms with Crippen molar-refractivity contribution >= 4 is 23.6 Å². The molecule has 0 aliphatic carbocycles. The van der Waals surface area contributed by atoms with E-state index in [0.717, 1.165) is 17.7 Å². The highest BCUT2D eigenvalue weighted by Crippen LogP contribution is 2.41. The number of amides is 3. The van der Waals surface area contributed by atoms with Gasteiger partial charge in [0.15, 0.2) is 0 Å². The number of likely N-dealkylation sites (tertiary alicyclic amines) is 2. The summed E-state index contributed by atoms with van der Waals surface area (Å²) in [4.78, 5) is 46.9. The number of carbonyl (C=O) groups excluding carboxylic acids is 3. The Bertz CT molecular complexity index is 2160. The second-order valence-electron chi connectivity index (χ2n) is 15.5. The van der Waals surface area contributed by atoms with Gasteiger partial charge < -0.3 is 34.1 Å². The number of rotatable bonds is 11. The molecule has 1 spiro atoms. The molecule has 0 radical (unpaired) electrons. The van der Waals surface area contributed by atoms with E-state index in [1.165, 1.54) is 29.3 Å². The van der Waals surface area contributed by atoms with Crippen molar-refractivity contribution in [3.05, 3.63) is 101 Å². The summed E-state index contributed by atoms with van der Waals surface area (Å²) >= 11 is 0. The number of carbonyl (C=O) groups is 3. The number of alkyl halides is 3. The van der Waals surface area contributed by atoms with Crippen LogP contribution >= 0.6 is 0 Å². The maximum atomic E-state index is 15.5. The van der Waals surface area contributed by atoms with E-state index in [4.69, 9.17) is 18.9 Å². The summed E-state index contributed by atoms with van der Waals surface area (Å²) in [6, 6.07) is 15.9. The van der Waals surface area contributed by atoms with Gasteiger partial charge in [0.05, 0.1) is 25.7 Å². The predicted octanol–water partition coefficient (Wildman–Crippen LogP) is 8.55. The van der Waals surface area contributed by atoms with Crippen molar-refractivity contribution in [2.45, 2.75) is 65.3 Å². The zero-order valence-corrected chi connectivity index (χ0v) is 33.0. The van der Waals surface area contributed by atoms with E-state index in [1.807, 2.05) is 24.3 Å². The monoisotopic (exact) mass is 806 g/mol. The Morgan fingerprint density at radius 3 is 2.26 bits per heavy atom. The van der Waals surface area contributed by atoms with Crippen LogP contribution in [0.3, 0.4) is 0 Å². The molecule has 1 aromatic heterocycles. The highest BCUT2D eigenvalue weighted by atomic mass is 19.4. The number of methoxy groups -OCH3 is 1. The van der Waals surface area contributed by atoms with Crippen LogP contribution in [-0.4, -0.2) is 78.2 Å². The van der Waals surface area contributed by atoms with Crippen LogP contribution < -0.4 is 19.5 Å². The molecular formula is C43H46F4N4O7. The molecule has 15 heteroatoms. The molecule has 1 unspecified atom stereocenters. The average molecular weight is 807 g/mol. The predicted molar refractivity (Wildman–Crippen MR) is 207 cm³/mol. The van der Waals surface area contributed by atoms with Crippen molar-refractivity contribution in [1.29, 1.82) is 0 Å². The Hall–Kier alpha value is -5.86. The number of anilines is 1. The molecule has 4 aromatic rings. The van der Waals surface area contributed by atoms with Gasteiger partial charge in [-0.3, -0.25) is 9.59 Å². The first-order valence-electron chi connectivity index (χ1n) is 18.9. The normalized spacial score (nSPS) is 16.7. The highest BCUT2D eigenvalue weighted by molar-refractivity contribution is 5.98. The van der Waals surface area contributed by atoms with Gasteiger partial charge in [0.1, 0.15) is 29.5 Å². The molecule has 1 N–H and O–H groups in total. The van der Waals surface area contributed by atoms with Gasteiger partial charge in [0.2, 0.25) is 11.8 Å². The van der Waals surface area contributed by atoms with Crippen LogP contribution in [0, 0.1) is 11.2 Å². The van der Waals surface area contributed by atoms with Crippen molar-refractivity contribution in [1.82, 2.24) is 14.8 Å². The van der Waals surface area contributed by atoms with Gasteiger partial charge in [-0.2, -0.15) is 13.2 Å². The summed E-state index contributed by atoms with van der Waals surface area (Å²) in [6.07, 6.45) is -3.08. The maximum Gasteiger partial charge on any atom is 0.416 e. The van der Waals surface area contributed by atoms with Gasteiger partial charge >= 0.3 is 12.3 Å². The smallest absolute Gasteiger partial charge is 0.416 e. The Morgan fingerprint density at radius 2 is 1.60 bits per heavy atom. The van der Waals surface area contributed by atoms with E-state index in [1.54, 1.807) is 51.8 Å². The lowest BCUT2D eigenvalue weighted by Crippen LogP contribution is -2.38. The molecule has 3 aromatic carbocycles. The minimum atomic E-state index is -4.82. The molecule has 3 heterocycles. The van der Waals surface area contributed by atoms with Crippen molar-refractivity contribution in [3.63, 3.8) is 0 Å². The molecule has 2 aliphatic heterocycles. The molecule has 1 atom stereocenters. The number of pyridine rings is 1. The minimum Gasteiger partial charge on any atom is -0.497 e. The van der Waals surface area contributed by atoms with Crippen LogP contribution in [0.4, 0.5) is 28.0 Å². The van der Waals surface area contributed by atoms with Gasteiger partial charge in [-0.1, -0.05) is 24.3 Å². The van der Waals surface area contributed by atoms with E-state index in [-0.39, 0.29) is 30.0 Å². The molecule has 308 valence electrons. The fraction of sp³-hybridized carbons (Fsp3) is 0.395. The van der Waals surface area contributed by atoms with Crippen molar-refractivity contribution in [3.8, 4) is 28.5 Å². The van der Waals surface area contributed by atoms with Crippen LogP contribution in [0.1, 0.15) is 67.6 Å². The summed E-state index contributed by atoms with van der Waals surface area (Å²) in [5.74, 6) is -0.733. The summed E-state index contributed by atoms with van der Waals surface area (Å²) in [7, 11) is 1.58. The van der Waals surface area contributed by atoms with Crippen LogP contribution in [0.25, 0.3) is 11.1 Å². The lowest BCUT2D eigenvalue weighted by Gasteiger charge is -2.27. The lowest BCUT2D eigenvalue weighted by atomic mass is 9.86. The number of hydrogen-bond acceptors (Lipinski definition) is 8. The van der Waals surface area contributed by atoms with Gasteiger partial charge in [0, 0.05) is 60.7 Å². The summed E-state index contributed by atoms with van der Waals surface area (Å²) < 4.78 is 80.0. The first-order valence-corrected chi connectivity index (χ1v) is 18.9. The van der Waals surface area contributed by atoms with Crippen LogP contribution in [0.15, 0.2) is 72.9 Å². The first kappa shape index (κ1) is 41.8. The maximum absolute atomic E-state index is 15.5. The molecule has 58 heavy (non-hydrogen) atoms. The number of halogens is 4. The van der Waals surface area contributed by atoms with Crippen molar-refractivity contribution < 1.29 is 50.9 Å². The molecular weight excluding hydrogens is 760 g/mol. The Morgan fingerprint density at radius 1 is 0.897 bits per heavy atom. The van der Waals surface area contributed by atoms with Crippen molar-refractivity contribution in [2.24, 2.45) is 5.41 Å². The molecule has 6 rings (SSSR count). The molecule has 3 amide bonds. The zero-order chi connectivity index (χ0) is 41.8. The van der Waals surface area contributed by atoms with E-state index >= 15 is 4.39 Å². The number of aromatic nitrogens is 1. The number of ether oxygens (including phenoxy) is 4. The Labute approximate surface area is 334 Å². The van der Waals surface area contributed by atoms with Gasteiger partial charge in [-0.25, -0.2) is 14.2 Å². The summed E-state index contributed by atoms with van der Waals surface area (Å²) in [5, 5.41) is 2.42. The van der Waals surface area contributed by atoms with E-state index in [9.17, 15) is 27.6 Å². The highest BCUT2D eigenvalue weighted by Gasteiger charge is 2.47.